The van der Waals surface area contributed by atoms with Crippen LogP contribution in [-0.2, 0) is 0 Å². The summed E-state index contributed by atoms with van der Waals surface area (Å²) in [7, 11) is 0. The van der Waals surface area contributed by atoms with Gasteiger partial charge in [0.15, 0.2) is 0 Å². The Morgan fingerprint density at radius 3 is 2.78 bits per heavy atom. The summed E-state index contributed by atoms with van der Waals surface area (Å²) in [5, 5.41) is 0.148. The van der Waals surface area contributed by atoms with E-state index < -0.39 is 5.82 Å². The number of pyridine rings is 1. The van der Waals surface area contributed by atoms with E-state index in [1.165, 1.54) is 12.3 Å². The second-order valence-corrected chi connectivity index (χ2v) is 2.55. The van der Waals surface area contributed by atoms with Crippen molar-refractivity contribution >= 4 is 27.5 Å². The van der Waals surface area contributed by atoms with Gasteiger partial charge in [0, 0.05) is 6.20 Å². The van der Waals surface area contributed by atoms with Crippen molar-refractivity contribution in [3.05, 3.63) is 27.7 Å². The van der Waals surface area contributed by atoms with Crippen molar-refractivity contribution in [1.82, 2.24) is 4.98 Å². The maximum Gasteiger partial charge on any atom is 0.146 e. The Morgan fingerprint density at radius 1 is 1.67 bits per heavy atom. The lowest BCUT2D eigenvalue weighted by molar-refractivity contribution is 0.618. The van der Waals surface area contributed by atoms with E-state index in [9.17, 15) is 4.39 Å². The Hall–Kier alpha value is -0.150. The van der Waals surface area contributed by atoms with E-state index in [1.807, 2.05) is 0 Å². The van der Waals surface area contributed by atoms with Crippen LogP contribution in [0, 0.1) is 5.82 Å². The summed E-state index contributed by atoms with van der Waals surface area (Å²) in [6, 6.07) is 1.23. The summed E-state index contributed by atoms with van der Waals surface area (Å²) in [6.45, 7) is 0. The van der Waals surface area contributed by atoms with E-state index in [1.54, 1.807) is 0 Å². The maximum atomic E-state index is 12.4. The summed E-state index contributed by atoms with van der Waals surface area (Å²) in [4.78, 5) is 3.62. The lowest BCUT2D eigenvalue weighted by Gasteiger charge is -1.92. The Labute approximate surface area is 65.0 Å². The van der Waals surface area contributed by atoms with Crippen molar-refractivity contribution in [3.63, 3.8) is 0 Å². The monoisotopic (exact) mass is 209 g/mol. The van der Waals surface area contributed by atoms with Crippen molar-refractivity contribution in [2.75, 3.05) is 0 Å². The molecule has 0 amide bonds. The maximum absolute atomic E-state index is 12.4. The van der Waals surface area contributed by atoms with E-state index in [2.05, 4.69) is 20.9 Å². The van der Waals surface area contributed by atoms with Crippen molar-refractivity contribution in [2.24, 2.45) is 0 Å². The standard InChI is InChI=1S/C5H2BrClFN/c6-4-3(8)1-2-9-5(4)7/h1-2H. The molecule has 0 fully saturated rings. The molecule has 0 atom stereocenters. The predicted molar refractivity (Wildman–Crippen MR) is 36.9 cm³/mol. The highest BCUT2D eigenvalue weighted by molar-refractivity contribution is 9.10. The third-order valence-corrected chi connectivity index (χ3v) is 2.07. The highest BCUT2D eigenvalue weighted by Gasteiger charge is 2.01. The number of halogens is 3. The molecule has 0 spiro atoms. The molecule has 0 saturated heterocycles. The van der Waals surface area contributed by atoms with Crippen LogP contribution in [0.5, 0.6) is 0 Å². The average molecular weight is 210 g/mol. The van der Waals surface area contributed by atoms with Crippen LogP contribution in [0.4, 0.5) is 4.39 Å². The Morgan fingerprint density at radius 2 is 2.33 bits per heavy atom. The molecule has 0 radical (unpaired) electrons. The number of hydrogen-bond acceptors (Lipinski definition) is 1. The first kappa shape index (κ1) is 6.96. The van der Waals surface area contributed by atoms with Gasteiger partial charge in [0.05, 0.1) is 4.47 Å². The van der Waals surface area contributed by atoms with Crippen LogP contribution in [0.25, 0.3) is 0 Å². The van der Waals surface area contributed by atoms with Gasteiger partial charge in [-0.25, -0.2) is 9.37 Å². The van der Waals surface area contributed by atoms with Crippen molar-refractivity contribution in [3.8, 4) is 0 Å². The quantitative estimate of drug-likeness (QED) is 0.600. The van der Waals surface area contributed by atoms with Crippen LogP contribution in [-0.4, -0.2) is 4.98 Å². The number of hydrogen-bond donors (Lipinski definition) is 0. The van der Waals surface area contributed by atoms with Gasteiger partial charge >= 0.3 is 0 Å². The Bertz CT molecular complexity index is 208. The van der Waals surface area contributed by atoms with Crippen LogP contribution in [0.15, 0.2) is 16.7 Å². The zero-order chi connectivity index (χ0) is 6.85. The smallest absolute Gasteiger partial charge is 0.146 e. The summed E-state index contributed by atoms with van der Waals surface area (Å²) in [6.07, 6.45) is 1.31. The SMILES string of the molecule is Fc1ccnc(Cl)c1Br. The van der Waals surface area contributed by atoms with Gasteiger partial charge < -0.3 is 0 Å². The zero-order valence-corrected chi connectivity index (χ0v) is 6.58. The molecule has 0 saturated carbocycles. The van der Waals surface area contributed by atoms with Gasteiger partial charge in [0.2, 0.25) is 0 Å². The molecule has 9 heavy (non-hydrogen) atoms. The van der Waals surface area contributed by atoms with E-state index in [0.717, 1.165) is 0 Å². The minimum absolute atomic E-state index is 0.148. The van der Waals surface area contributed by atoms with E-state index in [4.69, 9.17) is 11.6 Å². The average Bonchev–Trinajstić information content (AvgIpc) is 1.83. The molecule has 1 rings (SSSR count). The van der Waals surface area contributed by atoms with Crippen LogP contribution < -0.4 is 0 Å². The fraction of sp³-hybridized carbons (Fsp3) is 0. The number of aromatic nitrogens is 1. The molecular formula is C5H2BrClFN. The molecule has 0 bridgehead atoms. The Balaban J connectivity index is 3.25. The molecule has 0 aliphatic heterocycles. The predicted octanol–water partition coefficient (Wildman–Crippen LogP) is 2.64. The van der Waals surface area contributed by atoms with Gasteiger partial charge in [-0.1, -0.05) is 11.6 Å². The lowest BCUT2D eigenvalue weighted by Crippen LogP contribution is -1.80. The van der Waals surface area contributed by atoms with Crippen LogP contribution in [0.1, 0.15) is 0 Å². The molecule has 48 valence electrons. The molecule has 0 N–H and O–H groups in total. The first-order valence-electron chi connectivity index (χ1n) is 2.17. The van der Waals surface area contributed by atoms with Gasteiger partial charge in [0.1, 0.15) is 11.0 Å². The van der Waals surface area contributed by atoms with Gasteiger partial charge in [-0.05, 0) is 22.0 Å². The molecule has 0 aliphatic carbocycles. The van der Waals surface area contributed by atoms with E-state index in [-0.39, 0.29) is 9.63 Å². The summed E-state index contributed by atoms with van der Waals surface area (Å²) in [5.41, 5.74) is 0. The summed E-state index contributed by atoms with van der Waals surface area (Å²) >= 11 is 8.33. The molecule has 0 aromatic carbocycles. The Kier molecular flexibility index (Phi) is 2.03. The zero-order valence-electron chi connectivity index (χ0n) is 4.24. The molecular weight excluding hydrogens is 208 g/mol. The fourth-order valence-corrected chi connectivity index (χ4v) is 0.778. The molecule has 0 aliphatic rings. The van der Waals surface area contributed by atoms with Crippen molar-refractivity contribution in [1.29, 1.82) is 0 Å². The first-order valence-corrected chi connectivity index (χ1v) is 3.34. The molecule has 1 aromatic rings. The molecule has 1 nitrogen and oxygen atoms in total. The van der Waals surface area contributed by atoms with Crippen LogP contribution in [0.3, 0.4) is 0 Å². The number of rotatable bonds is 0. The fourth-order valence-electron chi connectivity index (χ4n) is 0.397. The number of nitrogens with zero attached hydrogens (tertiary/aromatic N) is 1. The minimum atomic E-state index is -0.394. The van der Waals surface area contributed by atoms with Crippen molar-refractivity contribution in [2.45, 2.75) is 0 Å². The van der Waals surface area contributed by atoms with Gasteiger partial charge in [-0.3, -0.25) is 0 Å². The molecule has 1 aromatic heterocycles. The summed E-state index contributed by atoms with van der Waals surface area (Å²) in [5.74, 6) is -0.394. The molecule has 4 heteroatoms. The van der Waals surface area contributed by atoms with Gasteiger partial charge in [-0.15, -0.1) is 0 Å². The lowest BCUT2D eigenvalue weighted by atomic mass is 10.5. The van der Waals surface area contributed by atoms with Gasteiger partial charge in [0.25, 0.3) is 0 Å². The van der Waals surface area contributed by atoms with E-state index >= 15 is 0 Å². The molecule has 1 heterocycles. The normalized spacial score (nSPS) is 9.67. The third-order valence-electron chi connectivity index (χ3n) is 0.800. The second-order valence-electron chi connectivity index (χ2n) is 1.40. The highest BCUT2D eigenvalue weighted by atomic mass is 79.9. The summed E-state index contributed by atoms with van der Waals surface area (Å²) < 4.78 is 12.6. The molecule has 0 unspecified atom stereocenters. The first-order chi connectivity index (χ1) is 4.22. The largest absolute Gasteiger partial charge is 0.243 e. The van der Waals surface area contributed by atoms with Gasteiger partial charge in [-0.2, -0.15) is 0 Å². The van der Waals surface area contributed by atoms with Crippen LogP contribution >= 0.6 is 27.5 Å². The third kappa shape index (κ3) is 1.40. The second kappa shape index (κ2) is 2.62. The van der Waals surface area contributed by atoms with Crippen molar-refractivity contribution < 1.29 is 4.39 Å². The van der Waals surface area contributed by atoms with E-state index in [0.29, 0.717) is 0 Å². The van der Waals surface area contributed by atoms with Crippen LogP contribution in [0.2, 0.25) is 5.15 Å². The highest BCUT2D eigenvalue weighted by Crippen LogP contribution is 2.21. The minimum Gasteiger partial charge on any atom is -0.243 e. The topological polar surface area (TPSA) is 12.9 Å².